The maximum absolute atomic E-state index is 8.26. The van der Waals surface area contributed by atoms with Gasteiger partial charge in [0.1, 0.15) is 0 Å². The van der Waals surface area contributed by atoms with Crippen molar-refractivity contribution in [2.45, 2.75) is 6.42 Å². The van der Waals surface area contributed by atoms with Crippen LogP contribution in [0, 0.1) is 23.7 Å². The van der Waals surface area contributed by atoms with Crippen LogP contribution in [0.25, 0.3) is 0 Å². The predicted molar refractivity (Wildman–Crippen MR) is 44.0 cm³/mol. The molecule has 0 bridgehead atoms. The van der Waals surface area contributed by atoms with E-state index in [-0.39, 0.29) is 0 Å². The molecule has 0 rings (SSSR count). The highest BCUT2D eigenvalue weighted by Gasteiger charge is 2.10. The summed E-state index contributed by atoms with van der Waals surface area (Å²) < 4.78 is 0.568. The maximum atomic E-state index is 8.26. The van der Waals surface area contributed by atoms with Crippen LogP contribution in [0.1, 0.15) is 6.42 Å². The van der Waals surface area contributed by atoms with Gasteiger partial charge in [0.25, 0.3) is 0 Å². The van der Waals surface area contributed by atoms with E-state index in [9.17, 15) is 0 Å². The van der Waals surface area contributed by atoms with E-state index >= 15 is 0 Å². The van der Waals surface area contributed by atoms with Gasteiger partial charge in [0.2, 0.25) is 0 Å². The van der Waals surface area contributed by atoms with Gasteiger partial charge in [-0.3, -0.25) is 0 Å². The van der Waals surface area contributed by atoms with Crippen LogP contribution in [-0.2, 0) is 0 Å². The average molecular weight is 152 g/mol. The van der Waals surface area contributed by atoms with Crippen LogP contribution in [0.2, 0.25) is 0 Å². The third-order valence-corrected chi connectivity index (χ3v) is 1.26. The number of rotatable bonds is 4. The fourth-order valence-electron chi connectivity index (χ4n) is 0.699. The zero-order valence-electron chi connectivity index (χ0n) is 7.09. The molecular formula is C8H14N3+. The van der Waals surface area contributed by atoms with E-state index in [4.69, 9.17) is 11.7 Å². The van der Waals surface area contributed by atoms with Crippen molar-refractivity contribution in [2.24, 2.45) is 0 Å². The van der Waals surface area contributed by atoms with Gasteiger partial charge in [0, 0.05) is 0 Å². The molecule has 3 nitrogen and oxygen atoms in total. The summed E-state index contributed by atoms with van der Waals surface area (Å²) in [6.45, 7) is 1.32. The number of hydrogen-bond donors (Lipinski definition) is 1. The van der Waals surface area contributed by atoms with Gasteiger partial charge in [0.15, 0.2) is 6.54 Å². The van der Waals surface area contributed by atoms with E-state index in [0.717, 1.165) is 0 Å². The van der Waals surface area contributed by atoms with Crippen molar-refractivity contribution < 1.29 is 4.59 Å². The Balaban J connectivity index is 3.58. The molecule has 0 fully saturated rings. The Morgan fingerprint density at radius 3 is 2.64 bits per heavy atom. The van der Waals surface area contributed by atoms with Gasteiger partial charge < -0.3 is 0 Å². The van der Waals surface area contributed by atoms with Crippen molar-refractivity contribution in [3.05, 3.63) is 0 Å². The fourth-order valence-corrected chi connectivity index (χ4v) is 0.699. The van der Waals surface area contributed by atoms with Crippen LogP contribution >= 0.6 is 0 Å². The van der Waals surface area contributed by atoms with Gasteiger partial charge in [-0.2, -0.15) is 10.7 Å². The molecule has 0 amide bonds. The molecule has 0 heterocycles. The Morgan fingerprint density at radius 2 is 2.18 bits per heavy atom. The second kappa shape index (κ2) is 4.73. The normalized spacial score (nSPS) is 10.2. The van der Waals surface area contributed by atoms with Crippen molar-refractivity contribution in [1.29, 1.82) is 5.26 Å². The van der Waals surface area contributed by atoms with Gasteiger partial charge in [-0.1, -0.05) is 0 Å². The third kappa shape index (κ3) is 5.42. The van der Waals surface area contributed by atoms with Crippen LogP contribution in [0.5, 0.6) is 0 Å². The first-order valence-corrected chi connectivity index (χ1v) is 3.51. The quantitative estimate of drug-likeness (QED) is 0.269. The number of hydrogen-bond acceptors (Lipinski definition) is 2. The summed E-state index contributed by atoms with van der Waals surface area (Å²) >= 11 is 0. The van der Waals surface area contributed by atoms with Crippen molar-refractivity contribution in [3.63, 3.8) is 0 Å². The number of terminal acetylenes is 1. The Hall–Kier alpha value is -1.03. The van der Waals surface area contributed by atoms with E-state index in [0.29, 0.717) is 24.1 Å². The van der Waals surface area contributed by atoms with Crippen molar-refractivity contribution in [3.8, 4) is 18.4 Å². The van der Waals surface area contributed by atoms with Crippen LogP contribution in [0.4, 0.5) is 0 Å². The molecule has 1 N–H and O–H groups in total. The maximum Gasteiger partial charge on any atom is 0.157 e. The lowest BCUT2D eigenvalue weighted by atomic mass is 10.5. The Kier molecular flexibility index (Phi) is 4.29. The SMILES string of the molecule is C#CC[N+](C)(C)NCCC#N. The molecule has 0 aliphatic carbocycles. The summed E-state index contributed by atoms with van der Waals surface area (Å²) in [7, 11) is 3.94. The molecule has 0 aromatic carbocycles. The van der Waals surface area contributed by atoms with Crippen LogP contribution in [0.3, 0.4) is 0 Å². The summed E-state index contributed by atoms with van der Waals surface area (Å²) in [4.78, 5) is 0. The summed E-state index contributed by atoms with van der Waals surface area (Å²) in [6, 6.07) is 2.06. The number of nitrogens with zero attached hydrogens (tertiary/aromatic N) is 2. The highest BCUT2D eigenvalue weighted by molar-refractivity contribution is 4.82. The summed E-state index contributed by atoms with van der Waals surface area (Å²) in [5, 5.41) is 8.26. The Labute approximate surface area is 68.2 Å². The zero-order valence-corrected chi connectivity index (χ0v) is 7.09. The molecule has 0 unspecified atom stereocenters. The second-order valence-corrected chi connectivity index (χ2v) is 2.86. The minimum absolute atomic E-state index is 0.520. The van der Waals surface area contributed by atoms with Gasteiger partial charge in [-0.15, -0.1) is 6.42 Å². The predicted octanol–water partition coefficient (Wildman–Crippen LogP) is 0.114. The summed E-state index contributed by atoms with van der Waals surface area (Å²) in [5.41, 5.74) is 3.13. The molecule has 60 valence electrons. The van der Waals surface area contributed by atoms with Crippen LogP contribution in [-0.4, -0.2) is 31.8 Å². The van der Waals surface area contributed by atoms with Gasteiger partial charge in [-0.05, 0) is 5.92 Å². The first-order valence-electron chi connectivity index (χ1n) is 3.51. The van der Waals surface area contributed by atoms with Crippen molar-refractivity contribution in [2.75, 3.05) is 27.2 Å². The van der Waals surface area contributed by atoms with Gasteiger partial charge >= 0.3 is 0 Å². The molecular weight excluding hydrogens is 138 g/mol. The first kappa shape index (κ1) is 9.97. The average Bonchev–Trinajstić information content (AvgIpc) is 1.87. The largest absolute Gasteiger partial charge is 0.241 e. The highest BCUT2D eigenvalue weighted by atomic mass is 15.6. The van der Waals surface area contributed by atoms with Gasteiger partial charge in [0.05, 0.1) is 33.1 Å². The third-order valence-electron chi connectivity index (χ3n) is 1.26. The Bertz CT molecular complexity index is 182. The standard InChI is InChI=1S/C8H14N3/c1-4-8-11(2,3)10-7-5-6-9/h1,10H,5,7-8H2,2-3H3/q+1. The second-order valence-electron chi connectivity index (χ2n) is 2.86. The number of quaternary nitrogens is 1. The molecule has 0 atom stereocenters. The lowest BCUT2D eigenvalue weighted by molar-refractivity contribution is -0.927. The van der Waals surface area contributed by atoms with Crippen LogP contribution < -0.4 is 5.43 Å². The van der Waals surface area contributed by atoms with E-state index < -0.39 is 0 Å². The molecule has 11 heavy (non-hydrogen) atoms. The van der Waals surface area contributed by atoms with E-state index in [1.165, 1.54) is 0 Å². The lowest BCUT2D eigenvalue weighted by Crippen LogP contribution is -2.52. The molecule has 0 saturated heterocycles. The van der Waals surface area contributed by atoms with E-state index in [1.807, 2.05) is 14.1 Å². The molecule has 0 radical (unpaired) electrons. The molecule has 0 aliphatic rings. The number of nitriles is 1. The molecule has 3 heteroatoms. The summed E-state index contributed by atoms with van der Waals surface area (Å²) in [5.74, 6) is 2.56. The molecule has 0 aliphatic heterocycles. The van der Waals surface area contributed by atoms with Crippen molar-refractivity contribution >= 4 is 0 Å². The minimum Gasteiger partial charge on any atom is -0.241 e. The lowest BCUT2D eigenvalue weighted by Gasteiger charge is -2.26. The molecule has 0 aromatic rings. The molecule has 0 saturated carbocycles. The highest BCUT2D eigenvalue weighted by Crippen LogP contribution is 1.88. The first-order chi connectivity index (χ1) is 5.12. The van der Waals surface area contributed by atoms with E-state index in [2.05, 4.69) is 17.4 Å². The van der Waals surface area contributed by atoms with E-state index in [1.54, 1.807) is 0 Å². The Morgan fingerprint density at radius 1 is 1.55 bits per heavy atom. The number of nitrogens with one attached hydrogen (secondary N) is 1. The van der Waals surface area contributed by atoms with Gasteiger partial charge in [-0.25, -0.2) is 4.59 Å². The fraction of sp³-hybridized carbons (Fsp3) is 0.625. The monoisotopic (exact) mass is 152 g/mol. The topological polar surface area (TPSA) is 35.8 Å². The smallest absolute Gasteiger partial charge is 0.157 e. The molecule has 0 spiro atoms. The zero-order chi connectivity index (χ0) is 8.74. The van der Waals surface area contributed by atoms with Crippen LogP contribution in [0.15, 0.2) is 0 Å². The minimum atomic E-state index is 0.520. The summed E-state index contributed by atoms with van der Waals surface area (Å²) in [6.07, 6.45) is 5.67. The van der Waals surface area contributed by atoms with Crippen molar-refractivity contribution in [1.82, 2.24) is 5.43 Å². The molecule has 0 aromatic heterocycles.